The number of aliphatic hydroxyl groups excluding tert-OH is 1. The maximum Gasteiger partial charge on any atom is 0.303 e. The van der Waals surface area contributed by atoms with E-state index in [0.717, 1.165) is 57.1 Å². The van der Waals surface area contributed by atoms with E-state index in [1.165, 1.54) is 32.1 Å². The van der Waals surface area contributed by atoms with E-state index < -0.39 is 5.97 Å². The molecule has 1 aromatic carbocycles. The zero-order valence-electron chi connectivity index (χ0n) is 17.7. The Kier molecular flexibility index (Phi) is 14.4. The molecule has 0 saturated carbocycles. The highest BCUT2D eigenvalue weighted by Gasteiger charge is 2.18. The summed E-state index contributed by atoms with van der Waals surface area (Å²) in [6, 6.07) is 10.3. The van der Waals surface area contributed by atoms with Crippen molar-refractivity contribution >= 4 is 11.7 Å². The molecule has 0 heterocycles. The number of nitrogens with one attached hydrogen (secondary N) is 1. The Morgan fingerprint density at radius 1 is 0.857 bits per heavy atom. The first-order chi connectivity index (χ1) is 13.6. The summed E-state index contributed by atoms with van der Waals surface area (Å²) in [7, 11) is 0. The van der Waals surface area contributed by atoms with Crippen LogP contribution in [0.3, 0.4) is 0 Å². The number of carbonyl (C=O) groups is 1. The van der Waals surface area contributed by atoms with E-state index in [4.69, 9.17) is 5.11 Å². The first-order valence-electron chi connectivity index (χ1n) is 11.3. The van der Waals surface area contributed by atoms with Crippen LogP contribution in [0.1, 0.15) is 96.8 Å². The largest absolute Gasteiger partial charge is 0.481 e. The van der Waals surface area contributed by atoms with Gasteiger partial charge in [-0.25, -0.2) is 0 Å². The molecule has 1 aromatic rings. The fraction of sp³-hybridized carbons (Fsp3) is 0.708. The Bertz CT molecular complexity index is 492. The maximum absolute atomic E-state index is 10.7. The highest BCUT2D eigenvalue weighted by molar-refractivity contribution is 5.66. The number of aliphatic carboxylic acids is 1. The Morgan fingerprint density at radius 2 is 1.43 bits per heavy atom. The molecule has 0 fully saturated rings. The molecule has 4 nitrogen and oxygen atoms in total. The molecule has 0 spiro atoms. The summed E-state index contributed by atoms with van der Waals surface area (Å²) >= 11 is 0. The molecule has 0 unspecified atom stereocenters. The van der Waals surface area contributed by atoms with Gasteiger partial charge >= 0.3 is 5.97 Å². The number of anilines is 1. The van der Waals surface area contributed by atoms with Crippen molar-refractivity contribution in [2.75, 3.05) is 5.32 Å². The number of para-hydroxylation sites is 1. The van der Waals surface area contributed by atoms with Gasteiger partial charge in [-0.05, 0) is 31.4 Å². The number of hydrogen-bond acceptors (Lipinski definition) is 3. The van der Waals surface area contributed by atoms with Gasteiger partial charge in [0.15, 0.2) is 0 Å². The number of unbranched alkanes of at least 4 members (excludes halogenated alkanes) is 9. The van der Waals surface area contributed by atoms with E-state index in [2.05, 4.69) is 24.4 Å². The van der Waals surface area contributed by atoms with Crippen molar-refractivity contribution in [1.29, 1.82) is 0 Å². The molecule has 0 radical (unpaired) electrons. The molecule has 2 atom stereocenters. The minimum absolute atomic E-state index is 0.0978. The van der Waals surface area contributed by atoms with E-state index in [1.807, 2.05) is 18.2 Å². The second-order valence-electron chi connectivity index (χ2n) is 7.94. The van der Waals surface area contributed by atoms with Crippen LogP contribution in [0, 0.1) is 0 Å². The summed E-state index contributed by atoms with van der Waals surface area (Å²) in [5.41, 5.74) is 1.08. The van der Waals surface area contributed by atoms with Gasteiger partial charge in [-0.15, -0.1) is 0 Å². The molecule has 0 saturated heterocycles. The average Bonchev–Trinajstić information content (AvgIpc) is 2.69. The van der Waals surface area contributed by atoms with E-state index >= 15 is 0 Å². The van der Waals surface area contributed by atoms with Crippen LogP contribution in [-0.4, -0.2) is 28.3 Å². The van der Waals surface area contributed by atoms with E-state index in [0.29, 0.717) is 0 Å². The molecule has 0 aliphatic rings. The molecule has 4 heteroatoms. The van der Waals surface area contributed by atoms with Gasteiger partial charge < -0.3 is 15.5 Å². The quantitative estimate of drug-likeness (QED) is 0.253. The van der Waals surface area contributed by atoms with Crippen LogP contribution in [0.25, 0.3) is 0 Å². The smallest absolute Gasteiger partial charge is 0.303 e. The van der Waals surface area contributed by atoms with Crippen molar-refractivity contribution in [3.8, 4) is 0 Å². The van der Waals surface area contributed by atoms with E-state index in [9.17, 15) is 9.90 Å². The molecule has 0 aliphatic heterocycles. The van der Waals surface area contributed by atoms with Gasteiger partial charge in [0.1, 0.15) is 0 Å². The number of carboxylic acid groups (broad SMARTS) is 1. The molecule has 1 rings (SSSR count). The van der Waals surface area contributed by atoms with Crippen molar-refractivity contribution in [3.05, 3.63) is 30.3 Å². The fourth-order valence-electron chi connectivity index (χ4n) is 3.61. The SMILES string of the molecule is CCCCCCCC[C@H](Nc1ccccc1)[C@@H](O)CCCCCCCC(=O)O. The second kappa shape index (κ2) is 16.4. The van der Waals surface area contributed by atoms with Gasteiger partial charge in [-0.1, -0.05) is 89.3 Å². The van der Waals surface area contributed by atoms with Crippen molar-refractivity contribution < 1.29 is 15.0 Å². The summed E-state index contributed by atoms with van der Waals surface area (Å²) < 4.78 is 0. The molecule has 28 heavy (non-hydrogen) atoms. The van der Waals surface area contributed by atoms with Crippen molar-refractivity contribution in [2.24, 2.45) is 0 Å². The van der Waals surface area contributed by atoms with Gasteiger partial charge in [-0.3, -0.25) is 4.79 Å². The van der Waals surface area contributed by atoms with Gasteiger partial charge in [0.25, 0.3) is 0 Å². The Morgan fingerprint density at radius 3 is 2.07 bits per heavy atom. The van der Waals surface area contributed by atoms with Gasteiger partial charge in [0, 0.05) is 12.1 Å². The van der Waals surface area contributed by atoms with Crippen LogP contribution in [0.4, 0.5) is 5.69 Å². The molecular formula is C24H41NO3. The van der Waals surface area contributed by atoms with Crippen LogP contribution in [0.2, 0.25) is 0 Å². The lowest BCUT2D eigenvalue weighted by Crippen LogP contribution is -2.33. The third-order valence-electron chi connectivity index (χ3n) is 5.35. The van der Waals surface area contributed by atoms with Crippen LogP contribution < -0.4 is 5.32 Å². The number of rotatable bonds is 18. The Hall–Kier alpha value is -1.55. The van der Waals surface area contributed by atoms with Crippen molar-refractivity contribution in [1.82, 2.24) is 0 Å². The summed E-state index contributed by atoms with van der Waals surface area (Å²) in [6.07, 6.45) is 14.2. The molecule has 0 amide bonds. The predicted octanol–water partition coefficient (Wildman–Crippen LogP) is 6.39. The zero-order chi connectivity index (χ0) is 20.5. The highest BCUT2D eigenvalue weighted by atomic mass is 16.4. The molecule has 0 aromatic heterocycles. The second-order valence-corrected chi connectivity index (χ2v) is 7.94. The van der Waals surface area contributed by atoms with Gasteiger partial charge in [0.05, 0.1) is 12.1 Å². The summed E-state index contributed by atoms with van der Waals surface area (Å²) in [5, 5.41) is 22.9. The normalized spacial score (nSPS) is 13.2. The summed E-state index contributed by atoms with van der Waals surface area (Å²) in [6.45, 7) is 2.24. The number of benzene rings is 1. The summed E-state index contributed by atoms with van der Waals surface area (Å²) in [4.78, 5) is 10.5. The molecule has 0 bridgehead atoms. The standard InChI is InChI=1S/C24H41NO3/c1-2-3-4-5-7-13-18-22(25-21-16-11-10-12-17-21)23(26)19-14-8-6-9-15-20-24(27)28/h10-12,16-17,22-23,25-26H,2-9,13-15,18-20H2,1H3,(H,27,28)/t22-,23-/m0/s1. The fourth-order valence-corrected chi connectivity index (χ4v) is 3.61. The minimum Gasteiger partial charge on any atom is -0.481 e. The third kappa shape index (κ3) is 12.8. The molecule has 3 N–H and O–H groups in total. The summed E-state index contributed by atoms with van der Waals surface area (Å²) in [5.74, 6) is -0.708. The Labute approximate surface area is 171 Å². The first kappa shape index (κ1) is 24.5. The molecular weight excluding hydrogens is 350 g/mol. The van der Waals surface area contributed by atoms with Gasteiger partial charge in [-0.2, -0.15) is 0 Å². The average molecular weight is 392 g/mol. The van der Waals surface area contributed by atoms with Crippen LogP contribution in [0.5, 0.6) is 0 Å². The lowest BCUT2D eigenvalue weighted by atomic mass is 9.97. The molecule has 160 valence electrons. The predicted molar refractivity (Wildman–Crippen MR) is 118 cm³/mol. The van der Waals surface area contributed by atoms with Crippen LogP contribution >= 0.6 is 0 Å². The monoisotopic (exact) mass is 391 g/mol. The van der Waals surface area contributed by atoms with Crippen molar-refractivity contribution in [3.63, 3.8) is 0 Å². The number of carboxylic acids is 1. The molecule has 0 aliphatic carbocycles. The lowest BCUT2D eigenvalue weighted by molar-refractivity contribution is -0.137. The minimum atomic E-state index is -0.708. The topological polar surface area (TPSA) is 69.6 Å². The highest BCUT2D eigenvalue weighted by Crippen LogP contribution is 2.19. The first-order valence-corrected chi connectivity index (χ1v) is 11.3. The number of aliphatic hydroxyl groups is 1. The van der Waals surface area contributed by atoms with E-state index in [1.54, 1.807) is 0 Å². The number of hydrogen-bond donors (Lipinski definition) is 3. The van der Waals surface area contributed by atoms with Crippen LogP contribution in [0.15, 0.2) is 30.3 Å². The third-order valence-corrected chi connectivity index (χ3v) is 5.35. The lowest BCUT2D eigenvalue weighted by Gasteiger charge is -2.25. The van der Waals surface area contributed by atoms with E-state index in [-0.39, 0.29) is 18.6 Å². The Balaban J connectivity index is 2.32. The van der Waals surface area contributed by atoms with Crippen molar-refractivity contribution in [2.45, 2.75) is 109 Å². The van der Waals surface area contributed by atoms with Gasteiger partial charge in [0.2, 0.25) is 0 Å². The zero-order valence-corrected chi connectivity index (χ0v) is 17.7. The van der Waals surface area contributed by atoms with Crippen LogP contribution in [-0.2, 0) is 4.79 Å². The maximum atomic E-state index is 10.7.